The number of carbonyl (C=O) groups is 1. The van der Waals surface area contributed by atoms with Gasteiger partial charge in [-0.1, -0.05) is 61.3 Å². The van der Waals surface area contributed by atoms with Crippen LogP contribution in [0.4, 0.5) is 5.13 Å². The Bertz CT molecular complexity index is 1330. The molecule has 10 heteroatoms. The third kappa shape index (κ3) is 6.26. The van der Waals surface area contributed by atoms with Gasteiger partial charge in [-0.3, -0.25) is 10.1 Å². The Morgan fingerprint density at radius 3 is 2.32 bits per heavy atom. The zero-order valence-electron chi connectivity index (χ0n) is 21.0. The number of hydrogen-bond donors (Lipinski definition) is 2. The molecule has 1 heterocycles. The fourth-order valence-electron chi connectivity index (χ4n) is 5.05. The molecule has 0 radical (unpaired) electrons. The van der Waals surface area contributed by atoms with Crippen molar-refractivity contribution >= 4 is 32.2 Å². The lowest BCUT2D eigenvalue weighted by molar-refractivity contribution is -0.131. The van der Waals surface area contributed by atoms with Crippen molar-refractivity contribution in [1.82, 2.24) is 4.98 Å². The van der Waals surface area contributed by atoms with Gasteiger partial charge in [0.15, 0.2) is 21.1 Å². The Kier molecular flexibility index (Phi) is 8.42. The highest BCUT2D eigenvalue weighted by Crippen LogP contribution is 2.34. The fourth-order valence-corrected chi connectivity index (χ4v) is 7.59. The lowest BCUT2D eigenvalue weighted by atomic mass is 10.1. The lowest BCUT2D eigenvalue weighted by Gasteiger charge is -2.22. The molecule has 0 bridgehead atoms. The van der Waals surface area contributed by atoms with Crippen LogP contribution in [0.25, 0.3) is 0 Å². The average Bonchev–Trinajstić information content (AvgIpc) is 3.72. The van der Waals surface area contributed by atoms with Crippen LogP contribution >= 0.6 is 11.3 Å². The third-order valence-corrected chi connectivity index (χ3v) is 10.2. The van der Waals surface area contributed by atoms with Crippen molar-refractivity contribution in [3.05, 3.63) is 65.9 Å². The van der Waals surface area contributed by atoms with Crippen molar-refractivity contribution in [2.45, 2.75) is 80.3 Å². The molecule has 2 saturated carbocycles. The van der Waals surface area contributed by atoms with Gasteiger partial charge in [0.2, 0.25) is 5.06 Å². The molecule has 2 aromatic carbocycles. The number of aliphatic hydroxyl groups is 1. The van der Waals surface area contributed by atoms with Crippen molar-refractivity contribution in [1.29, 1.82) is 0 Å². The Labute approximate surface area is 226 Å². The first-order valence-electron chi connectivity index (χ1n) is 13.1. The van der Waals surface area contributed by atoms with Crippen LogP contribution in [0, 0.1) is 0 Å². The van der Waals surface area contributed by atoms with Crippen molar-refractivity contribution in [2.75, 3.05) is 5.32 Å². The van der Waals surface area contributed by atoms with Gasteiger partial charge in [0, 0.05) is 0 Å². The molecule has 1 aromatic heterocycles. The number of aromatic nitrogens is 1. The summed E-state index contributed by atoms with van der Waals surface area (Å²) in [6.07, 6.45) is 7.82. The summed E-state index contributed by atoms with van der Waals surface area (Å²) in [6, 6.07) is 13.6. The second-order valence-electron chi connectivity index (χ2n) is 9.82. The van der Waals surface area contributed by atoms with Gasteiger partial charge < -0.3 is 14.6 Å². The van der Waals surface area contributed by atoms with E-state index in [4.69, 9.17) is 9.47 Å². The Hall–Kier alpha value is -2.79. The Morgan fingerprint density at radius 1 is 1.00 bits per heavy atom. The Morgan fingerprint density at radius 2 is 1.66 bits per heavy atom. The van der Waals surface area contributed by atoms with Gasteiger partial charge in [0.05, 0.1) is 29.1 Å². The van der Waals surface area contributed by atoms with Gasteiger partial charge in [-0.2, -0.15) is 0 Å². The van der Waals surface area contributed by atoms with Crippen molar-refractivity contribution in [3.63, 3.8) is 0 Å². The van der Waals surface area contributed by atoms with Crippen LogP contribution in [-0.2, 0) is 26.0 Å². The van der Waals surface area contributed by atoms with Crippen molar-refractivity contribution in [3.8, 4) is 10.8 Å². The minimum absolute atomic E-state index is 0.0234. The molecule has 0 spiro atoms. The van der Waals surface area contributed by atoms with Crippen LogP contribution in [0.1, 0.15) is 68.6 Å². The summed E-state index contributed by atoms with van der Waals surface area (Å²) in [7, 11) is -3.38. The van der Waals surface area contributed by atoms with Gasteiger partial charge in [-0.15, -0.1) is 0 Å². The van der Waals surface area contributed by atoms with Crippen LogP contribution in [0.2, 0.25) is 0 Å². The molecule has 8 nitrogen and oxygen atoms in total. The van der Waals surface area contributed by atoms with Crippen molar-refractivity contribution in [2.24, 2.45) is 0 Å². The molecule has 38 heavy (non-hydrogen) atoms. The minimum atomic E-state index is -3.38. The highest BCUT2D eigenvalue weighted by atomic mass is 32.2. The number of nitrogens with zero attached hydrogens (tertiary/aromatic N) is 1. The standard InChI is InChI=1S/C28H32N2O6S2/c31-18-19-9-13-22(14-10-19)35-25-17-29-28(37-25)30-27(32)26(36-21-5-1-2-6-21)20-11-15-24(16-12-20)38(33,34)23-7-3-4-8-23/h9-17,21,23,26,31H,1-8,18H2,(H,29,30,32). The summed E-state index contributed by atoms with van der Waals surface area (Å²) < 4.78 is 38.0. The quantitative estimate of drug-likeness (QED) is 0.325. The van der Waals surface area contributed by atoms with E-state index in [1.54, 1.807) is 48.5 Å². The summed E-state index contributed by atoms with van der Waals surface area (Å²) in [5.41, 5.74) is 1.39. The molecule has 5 rings (SSSR count). The number of amides is 1. The van der Waals surface area contributed by atoms with Crippen LogP contribution in [0.15, 0.2) is 59.6 Å². The number of ether oxygens (including phenoxy) is 2. The number of aliphatic hydroxyl groups excluding tert-OH is 1. The van der Waals surface area contributed by atoms with Gasteiger partial charge in [0.1, 0.15) is 5.75 Å². The van der Waals surface area contributed by atoms with E-state index in [0.29, 0.717) is 39.2 Å². The predicted octanol–water partition coefficient (Wildman–Crippen LogP) is 5.78. The van der Waals surface area contributed by atoms with Crippen LogP contribution < -0.4 is 10.1 Å². The molecule has 3 aromatic rings. The molecule has 2 fully saturated rings. The molecular weight excluding hydrogens is 524 g/mol. The fraction of sp³-hybridized carbons (Fsp3) is 0.429. The van der Waals surface area contributed by atoms with E-state index in [2.05, 4.69) is 10.3 Å². The van der Waals surface area contributed by atoms with Gasteiger partial charge in [-0.25, -0.2) is 13.4 Å². The topological polar surface area (TPSA) is 115 Å². The van der Waals surface area contributed by atoms with E-state index < -0.39 is 15.9 Å². The van der Waals surface area contributed by atoms with E-state index in [-0.39, 0.29) is 23.9 Å². The zero-order valence-corrected chi connectivity index (χ0v) is 22.7. The maximum absolute atomic E-state index is 13.4. The summed E-state index contributed by atoms with van der Waals surface area (Å²) in [6.45, 7) is -0.0415. The molecule has 2 aliphatic carbocycles. The highest BCUT2D eigenvalue weighted by Gasteiger charge is 2.32. The van der Waals surface area contributed by atoms with E-state index in [9.17, 15) is 18.3 Å². The molecule has 1 amide bonds. The number of rotatable bonds is 10. The molecule has 202 valence electrons. The normalized spacial score (nSPS) is 17.5. The average molecular weight is 557 g/mol. The van der Waals surface area contributed by atoms with E-state index >= 15 is 0 Å². The molecule has 2 aliphatic rings. The van der Waals surface area contributed by atoms with Crippen LogP contribution in [0.5, 0.6) is 10.8 Å². The Balaban J connectivity index is 1.30. The van der Waals surface area contributed by atoms with Gasteiger partial charge >= 0.3 is 0 Å². The SMILES string of the molecule is O=C(Nc1ncc(Oc2ccc(CO)cc2)s1)C(OC1CCCC1)c1ccc(S(=O)(=O)C2CCCC2)cc1. The first-order chi connectivity index (χ1) is 18.4. The largest absolute Gasteiger partial charge is 0.445 e. The molecule has 0 aliphatic heterocycles. The molecular formula is C28H32N2O6S2. The first kappa shape index (κ1) is 26.8. The van der Waals surface area contributed by atoms with Gasteiger partial charge in [-0.05, 0) is 61.1 Å². The number of thiazole rings is 1. The summed E-state index contributed by atoms with van der Waals surface area (Å²) >= 11 is 1.19. The van der Waals surface area contributed by atoms with E-state index in [0.717, 1.165) is 44.1 Å². The predicted molar refractivity (Wildman–Crippen MR) is 145 cm³/mol. The zero-order chi connectivity index (χ0) is 26.5. The van der Waals surface area contributed by atoms with Crippen LogP contribution in [-0.4, -0.2) is 35.8 Å². The molecule has 0 saturated heterocycles. The van der Waals surface area contributed by atoms with E-state index in [1.165, 1.54) is 17.5 Å². The van der Waals surface area contributed by atoms with Crippen LogP contribution in [0.3, 0.4) is 0 Å². The second kappa shape index (κ2) is 11.9. The molecule has 1 unspecified atom stereocenters. The number of benzene rings is 2. The van der Waals surface area contributed by atoms with Crippen molar-refractivity contribution < 1.29 is 27.8 Å². The smallest absolute Gasteiger partial charge is 0.259 e. The number of hydrogen-bond acceptors (Lipinski definition) is 8. The maximum atomic E-state index is 13.4. The van der Waals surface area contributed by atoms with Gasteiger partial charge in [0.25, 0.3) is 5.91 Å². The first-order valence-corrected chi connectivity index (χ1v) is 15.4. The summed E-state index contributed by atoms with van der Waals surface area (Å²) in [4.78, 5) is 17.9. The monoisotopic (exact) mass is 556 g/mol. The molecule has 1 atom stereocenters. The summed E-state index contributed by atoms with van der Waals surface area (Å²) in [5, 5.41) is 12.6. The molecule has 2 N–H and O–H groups in total. The lowest BCUT2D eigenvalue weighted by Crippen LogP contribution is -2.27. The number of carbonyl (C=O) groups excluding carboxylic acids is 1. The second-order valence-corrected chi connectivity index (χ2v) is 13.0. The minimum Gasteiger partial charge on any atom is -0.445 e. The number of sulfone groups is 1. The van der Waals surface area contributed by atoms with E-state index in [1.807, 2.05) is 0 Å². The summed E-state index contributed by atoms with van der Waals surface area (Å²) in [5.74, 6) is 0.232. The number of anilines is 1. The number of nitrogens with one attached hydrogen (secondary N) is 1. The highest BCUT2D eigenvalue weighted by molar-refractivity contribution is 7.92. The maximum Gasteiger partial charge on any atom is 0.259 e. The third-order valence-electron chi connectivity index (χ3n) is 7.16.